The highest BCUT2D eigenvalue weighted by Gasteiger charge is 2.18. The van der Waals surface area contributed by atoms with Crippen LogP contribution in [-0.2, 0) is 6.54 Å². The van der Waals surface area contributed by atoms with Crippen LogP contribution in [0.2, 0.25) is 0 Å². The second kappa shape index (κ2) is 5.81. The van der Waals surface area contributed by atoms with E-state index >= 15 is 0 Å². The molecule has 0 spiro atoms. The highest BCUT2D eigenvalue weighted by molar-refractivity contribution is 5.87. The molecule has 2 aromatic carbocycles. The summed E-state index contributed by atoms with van der Waals surface area (Å²) in [7, 11) is 1.76. The van der Waals surface area contributed by atoms with Gasteiger partial charge in [0.15, 0.2) is 0 Å². The van der Waals surface area contributed by atoms with Gasteiger partial charge in [-0.3, -0.25) is 4.90 Å². The number of ether oxygens (including phenoxy) is 1. The Kier molecular flexibility index (Phi) is 3.90. The first-order chi connectivity index (χ1) is 9.78. The minimum absolute atomic E-state index is 0.560. The van der Waals surface area contributed by atoms with Crippen molar-refractivity contribution in [2.45, 2.75) is 19.5 Å². The molecule has 2 aromatic rings. The van der Waals surface area contributed by atoms with Crippen molar-refractivity contribution < 1.29 is 4.74 Å². The van der Waals surface area contributed by atoms with Crippen molar-refractivity contribution in [2.75, 3.05) is 26.7 Å². The van der Waals surface area contributed by atoms with E-state index in [0.717, 1.165) is 31.9 Å². The van der Waals surface area contributed by atoms with Crippen LogP contribution in [-0.4, -0.2) is 37.7 Å². The lowest BCUT2D eigenvalue weighted by atomic mass is 10.0. The molecule has 1 atom stereocenters. The van der Waals surface area contributed by atoms with Gasteiger partial charge in [0.2, 0.25) is 0 Å². The first kappa shape index (κ1) is 13.4. The third-order valence-corrected chi connectivity index (χ3v) is 4.05. The van der Waals surface area contributed by atoms with Crippen LogP contribution in [0.3, 0.4) is 0 Å². The Bertz CT molecular complexity index is 597. The molecule has 0 aromatic heterocycles. The molecule has 20 heavy (non-hydrogen) atoms. The van der Waals surface area contributed by atoms with Gasteiger partial charge in [-0.2, -0.15) is 0 Å². The fraction of sp³-hybridized carbons (Fsp3) is 0.412. The maximum Gasteiger partial charge on any atom is 0.123 e. The molecule has 0 amide bonds. The minimum atomic E-state index is 0.560. The number of fused-ring (bicyclic) bond motifs is 1. The molecule has 3 nitrogen and oxygen atoms in total. The Balaban J connectivity index is 1.96. The van der Waals surface area contributed by atoms with Crippen LogP contribution < -0.4 is 10.1 Å². The normalized spacial score (nSPS) is 20.2. The van der Waals surface area contributed by atoms with E-state index in [-0.39, 0.29) is 0 Å². The zero-order chi connectivity index (χ0) is 13.9. The summed E-state index contributed by atoms with van der Waals surface area (Å²) >= 11 is 0. The van der Waals surface area contributed by atoms with E-state index in [1.807, 2.05) is 0 Å². The van der Waals surface area contributed by atoms with Crippen LogP contribution in [0.4, 0.5) is 0 Å². The summed E-state index contributed by atoms with van der Waals surface area (Å²) in [5, 5.41) is 6.08. The van der Waals surface area contributed by atoms with Crippen molar-refractivity contribution in [3.63, 3.8) is 0 Å². The predicted molar refractivity (Wildman–Crippen MR) is 83.2 cm³/mol. The average Bonchev–Trinajstić information content (AvgIpc) is 2.48. The van der Waals surface area contributed by atoms with Crippen LogP contribution in [0.15, 0.2) is 36.4 Å². The number of piperazine rings is 1. The zero-order valence-corrected chi connectivity index (χ0v) is 12.2. The van der Waals surface area contributed by atoms with Crippen molar-refractivity contribution in [1.82, 2.24) is 10.2 Å². The monoisotopic (exact) mass is 270 g/mol. The van der Waals surface area contributed by atoms with Crippen LogP contribution in [0, 0.1) is 0 Å². The van der Waals surface area contributed by atoms with Gasteiger partial charge in [0.1, 0.15) is 5.75 Å². The lowest BCUT2D eigenvalue weighted by molar-refractivity contribution is 0.198. The van der Waals surface area contributed by atoms with Gasteiger partial charge < -0.3 is 10.1 Å². The van der Waals surface area contributed by atoms with Crippen LogP contribution >= 0.6 is 0 Å². The third-order valence-electron chi connectivity index (χ3n) is 4.05. The molecule has 1 N–H and O–H groups in total. The SMILES string of the molecule is COc1ccc2ccccc2c1CN1CCNC(C)C1. The van der Waals surface area contributed by atoms with Crippen LogP contribution in [0.25, 0.3) is 10.8 Å². The van der Waals surface area contributed by atoms with E-state index in [0.29, 0.717) is 6.04 Å². The molecule has 3 rings (SSSR count). The van der Waals surface area contributed by atoms with Crippen LogP contribution in [0.1, 0.15) is 12.5 Å². The van der Waals surface area contributed by atoms with E-state index in [1.165, 1.54) is 16.3 Å². The molecular formula is C17H22N2O. The molecule has 106 valence electrons. The van der Waals surface area contributed by atoms with Crippen molar-refractivity contribution in [3.8, 4) is 5.75 Å². The number of nitrogens with zero attached hydrogens (tertiary/aromatic N) is 1. The van der Waals surface area contributed by atoms with Gasteiger partial charge in [0.05, 0.1) is 7.11 Å². The van der Waals surface area contributed by atoms with E-state index in [2.05, 4.69) is 53.5 Å². The number of methoxy groups -OCH3 is 1. The molecule has 0 radical (unpaired) electrons. The van der Waals surface area contributed by atoms with Crippen molar-refractivity contribution in [1.29, 1.82) is 0 Å². The largest absolute Gasteiger partial charge is 0.496 e. The molecule has 1 fully saturated rings. The summed E-state index contributed by atoms with van der Waals surface area (Å²) < 4.78 is 5.58. The summed E-state index contributed by atoms with van der Waals surface area (Å²) in [6.07, 6.45) is 0. The van der Waals surface area contributed by atoms with Crippen molar-refractivity contribution in [3.05, 3.63) is 42.0 Å². The highest BCUT2D eigenvalue weighted by atomic mass is 16.5. The highest BCUT2D eigenvalue weighted by Crippen LogP contribution is 2.29. The van der Waals surface area contributed by atoms with Gasteiger partial charge >= 0.3 is 0 Å². The Morgan fingerprint density at radius 1 is 1.25 bits per heavy atom. The van der Waals surface area contributed by atoms with E-state index in [4.69, 9.17) is 4.74 Å². The Labute approximate surface area is 120 Å². The summed E-state index contributed by atoms with van der Waals surface area (Å²) in [6, 6.07) is 13.3. The van der Waals surface area contributed by atoms with Crippen LogP contribution in [0.5, 0.6) is 5.75 Å². The second-order valence-electron chi connectivity index (χ2n) is 5.56. The first-order valence-corrected chi connectivity index (χ1v) is 7.28. The first-order valence-electron chi connectivity index (χ1n) is 7.28. The van der Waals surface area contributed by atoms with Gasteiger partial charge in [-0.1, -0.05) is 30.3 Å². The molecule has 1 aliphatic heterocycles. The molecule has 1 aliphatic rings. The average molecular weight is 270 g/mol. The topological polar surface area (TPSA) is 24.5 Å². The quantitative estimate of drug-likeness (QED) is 0.928. The molecule has 0 bridgehead atoms. The third kappa shape index (κ3) is 2.65. The number of hydrogen-bond donors (Lipinski definition) is 1. The second-order valence-corrected chi connectivity index (χ2v) is 5.56. The summed E-state index contributed by atoms with van der Waals surface area (Å²) in [5.41, 5.74) is 1.31. The number of nitrogens with one attached hydrogen (secondary N) is 1. The lowest BCUT2D eigenvalue weighted by Crippen LogP contribution is -2.48. The summed E-state index contributed by atoms with van der Waals surface area (Å²) in [5.74, 6) is 0.995. The number of benzene rings is 2. The van der Waals surface area contributed by atoms with E-state index in [1.54, 1.807) is 7.11 Å². The lowest BCUT2D eigenvalue weighted by Gasteiger charge is -2.32. The standard InChI is InChI=1S/C17H22N2O/c1-13-11-19(10-9-18-13)12-16-15-6-4-3-5-14(15)7-8-17(16)20-2/h3-8,13,18H,9-12H2,1-2H3. The number of hydrogen-bond acceptors (Lipinski definition) is 3. The molecular weight excluding hydrogens is 248 g/mol. The Morgan fingerprint density at radius 3 is 2.90 bits per heavy atom. The molecule has 1 saturated heterocycles. The zero-order valence-electron chi connectivity index (χ0n) is 12.2. The molecule has 3 heteroatoms. The van der Waals surface area contributed by atoms with Crippen molar-refractivity contribution in [2.24, 2.45) is 0 Å². The summed E-state index contributed by atoms with van der Waals surface area (Å²) in [4.78, 5) is 2.51. The summed E-state index contributed by atoms with van der Waals surface area (Å²) in [6.45, 7) is 6.44. The van der Waals surface area contributed by atoms with Gasteiger partial charge in [0, 0.05) is 37.8 Å². The fourth-order valence-corrected chi connectivity index (χ4v) is 3.05. The van der Waals surface area contributed by atoms with Crippen molar-refractivity contribution >= 4 is 10.8 Å². The smallest absolute Gasteiger partial charge is 0.123 e. The predicted octanol–water partition coefficient (Wildman–Crippen LogP) is 2.64. The minimum Gasteiger partial charge on any atom is -0.496 e. The Hall–Kier alpha value is -1.58. The van der Waals surface area contributed by atoms with Gasteiger partial charge in [-0.15, -0.1) is 0 Å². The molecule has 1 heterocycles. The maximum atomic E-state index is 5.58. The molecule has 0 saturated carbocycles. The fourth-order valence-electron chi connectivity index (χ4n) is 3.05. The van der Waals surface area contributed by atoms with Gasteiger partial charge in [0.25, 0.3) is 0 Å². The molecule has 0 aliphatic carbocycles. The van der Waals surface area contributed by atoms with Gasteiger partial charge in [-0.05, 0) is 23.8 Å². The van der Waals surface area contributed by atoms with Gasteiger partial charge in [-0.25, -0.2) is 0 Å². The number of rotatable bonds is 3. The Morgan fingerprint density at radius 2 is 2.10 bits per heavy atom. The maximum absolute atomic E-state index is 5.58. The van der Waals surface area contributed by atoms with E-state index in [9.17, 15) is 0 Å². The molecule has 1 unspecified atom stereocenters. The van der Waals surface area contributed by atoms with E-state index < -0.39 is 0 Å².